The number of alkyl halides is 3. The van der Waals surface area contributed by atoms with Crippen LogP contribution in [0, 0.1) is 5.92 Å². The highest BCUT2D eigenvalue weighted by molar-refractivity contribution is 5.81. The summed E-state index contributed by atoms with van der Waals surface area (Å²) in [6.45, 7) is 0. The van der Waals surface area contributed by atoms with Gasteiger partial charge in [0.25, 0.3) is 0 Å². The van der Waals surface area contributed by atoms with Gasteiger partial charge in [-0.05, 0) is 23.6 Å². The second-order valence-electron chi connectivity index (χ2n) is 5.26. The van der Waals surface area contributed by atoms with Crippen LogP contribution in [0.3, 0.4) is 0 Å². The van der Waals surface area contributed by atoms with Crippen molar-refractivity contribution >= 4 is 5.78 Å². The Morgan fingerprint density at radius 3 is 2.30 bits per heavy atom. The minimum absolute atomic E-state index is 0.154. The zero-order valence-electron chi connectivity index (χ0n) is 11.1. The van der Waals surface area contributed by atoms with Gasteiger partial charge in [0.1, 0.15) is 11.5 Å². The molecule has 5 heteroatoms. The average molecular weight is 286 g/mol. The van der Waals surface area contributed by atoms with Gasteiger partial charge in [-0.25, -0.2) is 0 Å². The molecule has 0 saturated heterocycles. The summed E-state index contributed by atoms with van der Waals surface area (Å²) in [6, 6.07) is 5.50. The number of Topliss-reactive ketones (excluding diaryl/α,β-unsaturated/α-hetero) is 1. The van der Waals surface area contributed by atoms with Crippen LogP contribution in [0.2, 0.25) is 0 Å². The molecule has 2 rings (SSSR count). The third kappa shape index (κ3) is 4.87. The van der Waals surface area contributed by atoms with E-state index in [1.54, 1.807) is 0 Å². The fourth-order valence-corrected chi connectivity index (χ4v) is 2.65. The normalized spacial score (nSPS) is 16.4. The molecule has 0 N–H and O–H groups in total. The highest BCUT2D eigenvalue weighted by Gasteiger charge is 2.31. The van der Waals surface area contributed by atoms with Crippen LogP contribution in [0.5, 0.6) is 5.75 Å². The van der Waals surface area contributed by atoms with E-state index in [0.717, 1.165) is 18.4 Å². The summed E-state index contributed by atoms with van der Waals surface area (Å²) in [6.07, 6.45) is 0.806. The lowest BCUT2D eigenvalue weighted by Crippen LogP contribution is -2.17. The van der Waals surface area contributed by atoms with E-state index in [1.807, 2.05) is 0 Å². The van der Waals surface area contributed by atoms with E-state index in [4.69, 9.17) is 0 Å². The SMILES string of the molecule is O=C(Cc1ccc(OC(F)(F)F)cc1)CC1CCCC1. The predicted molar refractivity (Wildman–Crippen MR) is 68.4 cm³/mol. The number of ether oxygens (including phenoxy) is 1. The van der Waals surface area contributed by atoms with Gasteiger partial charge in [0, 0.05) is 12.8 Å². The maximum atomic E-state index is 12.0. The van der Waals surface area contributed by atoms with Gasteiger partial charge in [0.05, 0.1) is 0 Å². The van der Waals surface area contributed by atoms with Crippen molar-refractivity contribution < 1.29 is 22.7 Å². The molecule has 1 saturated carbocycles. The van der Waals surface area contributed by atoms with Gasteiger partial charge in [-0.2, -0.15) is 0 Å². The van der Waals surface area contributed by atoms with Crippen LogP contribution >= 0.6 is 0 Å². The first kappa shape index (κ1) is 14.9. The summed E-state index contributed by atoms with van der Waals surface area (Å²) in [5, 5.41) is 0. The van der Waals surface area contributed by atoms with Crippen LogP contribution in [0.15, 0.2) is 24.3 Å². The molecule has 0 aliphatic heterocycles. The third-order valence-corrected chi connectivity index (χ3v) is 3.55. The number of carbonyl (C=O) groups excluding carboxylic acids is 1. The van der Waals surface area contributed by atoms with Crippen LogP contribution in [0.4, 0.5) is 13.2 Å². The Labute approximate surface area is 115 Å². The largest absolute Gasteiger partial charge is 0.573 e. The van der Waals surface area contributed by atoms with Crippen LogP contribution in [0.1, 0.15) is 37.7 Å². The molecule has 0 radical (unpaired) electrons. The first-order valence-corrected chi connectivity index (χ1v) is 6.79. The van der Waals surface area contributed by atoms with Crippen molar-refractivity contribution in [1.82, 2.24) is 0 Å². The van der Waals surface area contributed by atoms with Crippen molar-refractivity contribution in [2.24, 2.45) is 5.92 Å². The molecule has 110 valence electrons. The van der Waals surface area contributed by atoms with E-state index in [9.17, 15) is 18.0 Å². The first-order chi connectivity index (χ1) is 9.42. The molecule has 0 unspecified atom stereocenters. The van der Waals surface area contributed by atoms with Crippen LogP contribution in [-0.2, 0) is 11.2 Å². The zero-order valence-corrected chi connectivity index (χ0v) is 11.1. The Kier molecular flexibility index (Phi) is 4.68. The van der Waals surface area contributed by atoms with Gasteiger partial charge in [0.2, 0.25) is 0 Å². The van der Waals surface area contributed by atoms with E-state index in [-0.39, 0.29) is 18.0 Å². The van der Waals surface area contributed by atoms with Gasteiger partial charge in [-0.3, -0.25) is 4.79 Å². The molecule has 0 bridgehead atoms. The van der Waals surface area contributed by atoms with Crippen molar-refractivity contribution in [3.63, 3.8) is 0 Å². The lowest BCUT2D eigenvalue weighted by atomic mass is 9.97. The minimum Gasteiger partial charge on any atom is -0.406 e. The highest BCUT2D eigenvalue weighted by Crippen LogP contribution is 2.28. The number of ketones is 1. The molecule has 0 amide bonds. The lowest BCUT2D eigenvalue weighted by Gasteiger charge is -2.10. The summed E-state index contributed by atoms with van der Waals surface area (Å²) in [4.78, 5) is 11.9. The Morgan fingerprint density at radius 1 is 1.15 bits per heavy atom. The second kappa shape index (κ2) is 6.29. The first-order valence-electron chi connectivity index (χ1n) is 6.79. The van der Waals surface area contributed by atoms with Gasteiger partial charge in [0.15, 0.2) is 0 Å². The second-order valence-corrected chi connectivity index (χ2v) is 5.26. The lowest BCUT2D eigenvalue weighted by molar-refractivity contribution is -0.274. The average Bonchev–Trinajstić information content (AvgIpc) is 2.82. The number of carbonyl (C=O) groups is 1. The van der Waals surface area contributed by atoms with Gasteiger partial charge < -0.3 is 4.74 Å². The number of hydrogen-bond donors (Lipinski definition) is 0. The summed E-state index contributed by atoms with van der Waals surface area (Å²) < 4.78 is 39.8. The van der Waals surface area contributed by atoms with Crippen molar-refractivity contribution in [1.29, 1.82) is 0 Å². The van der Waals surface area contributed by atoms with Crippen molar-refractivity contribution in [3.05, 3.63) is 29.8 Å². The predicted octanol–water partition coefficient (Wildman–Crippen LogP) is 4.28. The molecule has 1 aliphatic carbocycles. The van der Waals surface area contributed by atoms with E-state index < -0.39 is 6.36 Å². The Morgan fingerprint density at radius 2 is 1.75 bits per heavy atom. The third-order valence-electron chi connectivity index (χ3n) is 3.55. The molecule has 2 nitrogen and oxygen atoms in total. The maximum absolute atomic E-state index is 12.0. The number of benzene rings is 1. The van der Waals surface area contributed by atoms with Crippen LogP contribution in [-0.4, -0.2) is 12.1 Å². The minimum atomic E-state index is -4.68. The highest BCUT2D eigenvalue weighted by atomic mass is 19.4. The summed E-state index contributed by atoms with van der Waals surface area (Å²) in [5.41, 5.74) is 0.725. The molecular weight excluding hydrogens is 269 g/mol. The Bertz CT molecular complexity index is 445. The molecule has 1 aliphatic rings. The van der Waals surface area contributed by atoms with Gasteiger partial charge >= 0.3 is 6.36 Å². The van der Waals surface area contributed by atoms with Crippen LogP contribution < -0.4 is 4.74 Å². The van der Waals surface area contributed by atoms with Gasteiger partial charge in [-0.15, -0.1) is 13.2 Å². The molecular formula is C15H17F3O2. The van der Waals surface area contributed by atoms with E-state index >= 15 is 0 Å². The summed E-state index contributed by atoms with van der Waals surface area (Å²) in [5.74, 6) is 0.390. The topological polar surface area (TPSA) is 26.3 Å². The quantitative estimate of drug-likeness (QED) is 0.807. The van der Waals surface area contributed by atoms with Crippen molar-refractivity contribution in [2.75, 3.05) is 0 Å². The van der Waals surface area contributed by atoms with Crippen molar-refractivity contribution in [2.45, 2.75) is 44.9 Å². The van der Waals surface area contributed by atoms with E-state index in [2.05, 4.69) is 4.74 Å². The molecule has 0 aromatic heterocycles. The standard InChI is InChI=1S/C15H17F3O2/c16-15(17,18)20-14-7-5-12(6-8-14)10-13(19)9-11-3-1-2-4-11/h5-8,11H,1-4,9-10H2. The van der Waals surface area contributed by atoms with Gasteiger partial charge in [-0.1, -0.05) is 37.8 Å². The molecule has 20 heavy (non-hydrogen) atoms. The fraction of sp³-hybridized carbons (Fsp3) is 0.533. The Balaban J connectivity index is 1.85. The smallest absolute Gasteiger partial charge is 0.406 e. The molecule has 1 aromatic carbocycles. The molecule has 0 heterocycles. The van der Waals surface area contributed by atoms with Crippen molar-refractivity contribution in [3.8, 4) is 5.75 Å². The number of rotatable bonds is 5. The molecule has 0 spiro atoms. The molecule has 1 fully saturated rings. The summed E-state index contributed by atoms with van der Waals surface area (Å²) in [7, 11) is 0. The Hall–Kier alpha value is -1.52. The van der Waals surface area contributed by atoms with Crippen LogP contribution in [0.25, 0.3) is 0 Å². The van der Waals surface area contributed by atoms with E-state index in [1.165, 1.54) is 37.1 Å². The summed E-state index contributed by atoms with van der Waals surface area (Å²) >= 11 is 0. The molecule has 1 aromatic rings. The fourth-order valence-electron chi connectivity index (χ4n) is 2.65. The molecule has 0 atom stereocenters. The number of halogens is 3. The number of hydrogen-bond acceptors (Lipinski definition) is 2. The zero-order chi connectivity index (χ0) is 14.6. The van der Waals surface area contributed by atoms with E-state index in [0.29, 0.717) is 12.3 Å². The monoisotopic (exact) mass is 286 g/mol. The maximum Gasteiger partial charge on any atom is 0.573 e.